The molecule has 1 fully saturated rings. The molecule has 3 rings (SSSR count). The lowest BCUT2D eigenvalue weighted by atomic mass is 10.1. The summed E-state index contributed by atoms with van der Waals surface area (Å²) in [6, 6.07) is 9.44. The van der Waals surface area contributed by atoms with E-state index in [1.165, 1.54) is 16.4 Å². The molecule has 5 nitrogen and oxygen atoms in total. The third-order valence-corrected chi connectivity index (χ3v) is 8.37. The zero-order valence-corrected chi connectivity index (χ0v) is 17.7. The van der Waals surface area contributed by atoms with E-state index in [0.29, 0.717) is 16.7 Å². The number of nitrogens with two attached hydrogens (primary N) is 1. The van der Waals surface area contributed by atoms with Gasteiger partial charge in [0.1, 0.15) is 10.3 Å². The van der Waals surface area contributed by atoms with Gasteiger partial charge in [-0.25, -0.2) is 8.42 Å². The van der Waals surface area contributed by atoms with Crippen LogP contribution in [0.25, 0.3) is 0 Å². The zero-order valence-electron chi connectivity index (χ0n) is 13.8. The summed E-state index contributed by atoms with van der Waals surface area (Å²) in [5, 5.41) is 0. The first-order valence-corrected chi connectivity index (χ1v) is 11.5. The summed E-state index contributed by atoms with van der Waals surface area (Å²) >= 11 is 10.3. The quantitative estimate of drug-likeness (QED) is 0.624. The molecule has 1 atom stereocenters. The smallest absolute Gasteiger partial charge is 0.253 e. The van der Waals surface area contributed by atoms with Crippen LogP contribution in [0.2, 0.25) is 4.34 Å². The largest absolute Gasteiger partial charge is 0.368 e. The fourth-order valence-corrected chi connectivity index (χ4v) is 6.20. The Labute approximate surface area is 170 Å². The van der Waals surface area contributed by atoms with E-state index >= 15 is 0 Å². The lowest BCUT2D eigenvalue weighted by Crippen LogP contribution is -2.47. The highest BCUT2D eigenvalue weighted by molar-refractivity contribution is 9.10. The Bertz CT molecular complexity index is 895. The first kappa shape index (κ1) is 19.8. The Hall–Kier alpha value is -0.930. The average Bonchev–Trinajstić information content (AvgIpc) is 3.30. The van der Waals surface area contributed by atoms with E-state index in [-0.39, 0.29) is 10.8 Å². The van der Waals surface area contributed by atoms with E-state index in [4.69, 9.17) is 17.3 Å². The minimum absolute atomic E-state index is 0.0749. The molecule has 1 aromatic carbocycles. The lowest BCUT2D eigenvalue weighted by Gasteiger charge is -2.28. The number of carbonyl (C=O) groups is 1. The number of benzene rings is 1. The van der Waals surface area contributed by atoms with Gasteiger partial charge in [0.05, 0.1) is 4.34 Å². The van der Waals surface area contributed by atoms with Crippen LogP contribution < -0.4 is 5.73 Å². The normalized spacial score (nSPS) is 16.0. The predicted molar refractivity (Wildman–Crippen MR) is 107 cm³/mol. The highest BCUT2D eigenvalue weighted by Gasteiger charge is 2.39. The van der Waals surface area contributed by atoms with Gasteiger partial charge in [-0.2, -0.15) is 4.31 Å². The van der Waals surface area contributed by atoms with Gasteiger partial charge in [0.2, 0.25) is 5.91 Å². The standard InChI is InChI=1S/C17H18BrClN2O3S2/c18-13-5-3-12(4-6-13)10-21(14(17(20)22)9-11-1-2-11)26(23,24)16-8-7-15(19)25-16/h3-8,11,14H,1-2,9-10H2,(H2,20,22). The number of rotatable bonds is 8. The molecule has 2 aromatic rings. The molecule has 1 unspecified atom stereocenters. The first-order valence-electron chi connectivity index (χ1n) is 8.08. The topological polar surface area (TPSA) is 80.5 Å². The Morgan fingerprint density at radius 3 is 2.42 bits per heavy atom. The summed E-state index contributed by atoms with van der Waals surface area (Å²) in [6.07, 6.45) is 2.45. The van der Waals surface area contributed by atoms with Gasteiger partial charge in [0.25, 0.3) is 10.0 Å². The van der Waals surface area contributed by atoms with E-state index in [9.17, 15) is 13.2 Å². The van der Waals surface area contributed by atoms with Crippen LogP contribution in [0.3, 0.4) is 0 Å². The van der Waals surface area contributed by atoms with E-state index < -0.39 is 22.0 Å². The Kier molecular flexibility index (Phi) is 6.08. The third kappa shape index (κ3) is 4.67. The number of sulfonamides is 1. The molecule has 0 radical (unpaired) electrons. The second-order valence-electron chi connectivity index (χ2n) is 6.33. The summed E-state index contributed by atoms with van der Waals surface area (Å²) in [5.41, 5.74) is 6.38. The van der Waals surface area contributed by atoms with Crippen molar-refractivity contribution in [1.82, 2.24) is 4.31 Å². The number of primary amides is 1. The van der Waals surface area contributed by atoms with Crippen LogP contribution in [-0.2, 0) is 21.4 Å². The molecule has 0 aliphatic heterocycles. The van der Waals surface area contributed by atoms with Crippen molar-refractivity contribution >= 4 is 54.8 Å². The number of hydrogen-bond acceptors (Lipinski definition) is 4. The predicted octanol–water partition coefficient (Wildman–Crippen LogP) is 4.01. The van der Waals surface area contributed by atoms with E-state index in [1.807, 2.05) is 24.3 Å². The van der Waals surface area contributed by atoms with Gasteiger partial charge in [-0.3, -0.25) is 4.79 Å². The first-order chi connectivity index (χ1) is 12.3. The molecular formula is C17H18BrClN2O3S2. The Morgan fingerprint density at radius 1 is 1.27 bits per heavy atom. The molecule has 9 heteroatoms. The van der Waals surface area contributed by atoms with Crippen molar-refractivity contribution in [2.24, 2.45) is 11.7 Å². The monoisotopic (exact) mass is 476 g/mol. The highest BCUT2D eigenvalue weighted by atomic mass is 79.9. The van der Waals surface area contributed by atoms with Gasteiger partial charge >= 0.3 is 0 Å². The van der Waals surface area contributed by atoms with Gasteiger partial charge in [-0.05, 0) is 42.2 Å². The zero-order chi connectivity index (χ0) is 18.9. The summed E-state index contributed by atoms with van der Waals surface area (Å²) in [4.78, 5) is 12.1. The molecule has 1 aliphatic rings. The molecule has 1 aromatic heterocycles. The number of halogens is 2. The van der Waals surface area contributed by atoms with Crippen molar-refractivity contribution < 1.29 is 13.2 Å². The van der Waals surface area contributed by atoms with Crippen LogP contribution in [0.4, 0.5) is 0 Å². The Morgan fingerprint density at radius 2 is 1.92 bits per heavy atom. The molecule has 1 heterocycles. The van der Waals surface area contributed by atoms with Crippen molar-refractivity contribution in [3.63, 3.8) is 0 Å². The molecule has 0 spiro atoms. The molecule has 2 N–H and O–H groups in total. The van der Waals surface area contributed by atoms with Crippen LogP contribution in [0.15, 0.2) is 45.1 Å². The van der Waals surface area contributed by atoms with Crippen molar-refractivity contribution in [1.29, 1.82) is 0 Å². The molecule has 1 amide bonds. The third-order valence-electron chi connectivity index (χ3n) is 4.29. The summed E-state index contributed by atoms with van der Waals surface area (Å²) in [6.45, 7) is 0.0749. The van der Waals surface area contributed by atoms with Gasteiger partial charge in [0.15, 0.2) is 0 Å². The van der Waals surface area contributed by atoms with Crippen molar-refractivity contribution in [2.75, 3.05) is 0 Å². The molecule has 0 saturated heterocycles. The molecule has 1 saturated carbocycles. The maximum Gasteiger partial charge on any atom is 0.253 e. The van der Waals surface area contributed by atoms with Crippen LogP contribution >= 0.6 is 38.9 Å². The highest BCUT2D eigenvalue weighted by Crippen LogP contribution is 2.37. The molecule has 0 bridgehead atoms. The van der Waals surface area contributed by atoms with Gasteiger partial charge < -0.3 is 5.73 Å². The van der Waals surface area contributed by atoms with Crippen LogP contribution in [-0.4, -0.2) is 24.7 Å². The number of carbonyl (C=O) groups excluding carboxylic acids is 1. The fourth-order valence-electron chi connectivity index (χ4n) is 2.73. The minimum Gasteiger partial charge on any atom is -0.368 e. The Balaban J connectivity index is 1.98. The lowest BCUT2D eigenvalue weighted by molar-refractivity contribution is -0.122. The fraction of sp³-hybridized carbons (Fsp3) is 0.353. The van der Waals surface area contributed by atoms with E-state index in [0.717, 1.165) is 34.2 Å². The average molecular weight is 478 g/mol. The molecule has 140 valence electrons. The van der Waals surface area contributed by atoms with E-state index in [2.05, 4.69) is 15.9 Å². The maximum absolute atomic E-state index is 13.2. The van der Waals surface area contributed by atoms with Crippen molar-refractivity contribution in [3.05, 3.63) is 50.8 Å². The molecule has 1 aliphatic carbocycles. The second kappa shape index (κ2) is 7.98. The number of thiophene rings is 1. The van der Waals surface area contributed by atoms with Gasteiger partial charge in [0, 0.05) is 11.0 Å². The van der Waals surface area contributed by atoms with Crippen molar-refractivity contribution in [2.45, 2.75) is 36.1 Å². The number of nitrogens with zero attached hydrogens (tertiary/aromatic N) is 1. The van der Waals surface area contributed by atoms with Crippen molar-refractivity contribution in [3.8, 4) is 0 Å². The number of amides is 1. The van der Waals surface area contributed by atoms with Crippen LogP contribution in [0.1, 0.15) is 24.8 Å². The maximum atomic E-state index is 13.2. The van der Waals surface area contributed by atoms with Crippen LogP contribution in [0.5, 0.6) is 0 Å². The summed E-state index contributed by atoms with van der Waals surface area (Å²) in [5.74, 6) is -0.276. The van der Waals surface area contributed by atoms with Gasteiger partial charge in [-0.1, -0.05) is 52.5 Å². The molecular weight excluding hydrogens is 460 g/mol. The summed E-state index contributed by atoms with van der Waals surface area (Å²) < 4.78 is 29.1. The van der Waals surface area contributed by atoms with E-state index in [1.54, 1.807) is 0 Å². The van der Waals surface area contributed by atoms with Gasteiger partial charge in [-0.15, -0.1) is 11.3 Å². The van der Waals surface area contributed by atoms with Crippen LogP contribution in [0, 0.1) is 5.92 Å². The summed E-state index contributed by atoms with van der Waals surface area (Å²) in [7, 11) is -3.90. The SMILES string of the molecule is NC(=O)C(CC1CC1)N(Cc1ccc(Br)cc1)S(=O)(=O)c1ccc(Cl)s1. The second-order valence-corrected chi connectivity index (χ2v) is 11.1. The minimum atomic E-state index is -3.90. The molecule has 26 heavy (non-hydrogen) atoms. The number of hydrogen-bond donors (Lipinski definition) is 1.